The lowest BCUT2D eigenvalue weighted by atomic mass is 10.2. The number of benzene rings is 1. The second kappa shape index (κ2) is 6.79. The van der Waals surface area contributed by atoms with Gasteiger partial charge in [-0.3, -0.25) is 9.20 Å². The first-order chi connectivity index (χ1) is 14.7. The van der Waals surface area contributed by atoms with Crippen LogP contribution in [0.3, 0.4) is 0 Å². The molecule has 0 spiro atoms. The van der Waals surface area contributed by atoms with Crippen molar-refractivity contribution in [3.8, 4) is 10.4 Å². The fraction of sp³-hybridized carbons (Fsp3) is 0.100. The molecule has 6 aromatic rings. The fourth-order valence-electron chi connectivity index (χ4n) is 3.51. The minimum absolute atomic E-state index is 0.0953. The summed E-state index contributed by atoms with van der Waals surface area (Å²) in [5.41, 5.74) is 2.75. The van der Waals surface area contributed by atoms with Crippen LogP contribution in [0.5, 0.6) is 0 Å². The Morgan fingerprint density at radius 1 is 1.13 bits per heavy atom. The second-order valence-electron chi connectivity index (χ2n) is 6.78. The lowest BCUT2D eigenvalue weighted by Crippen LogP contribution is -2.12. The number of para-hydroxylation sites is 2. The molecule has 2 N–H and O–H groups in total. The van der Waals surface area contributed by atoms with E-state index in [9.17, 15) is 4.79 Å². The van der Waals surface area contributed by atoms with Crippen LogP contribution in [-0.4, -0.2) is 29.5 Å². The van der Waals surface area contributed by atoms with E-state index in [2.05, 4.69) is 20.2 Å². The van der Waals surface area contributed by atoms with Crippen molar-refractivity contribution >= 4 is 61.5 Å². The van der Waals surface area contributed by atoms with Crippen molar-refractivity contribution in [1.82, 2.24) is 29.5 Å². The third-order valence-corrected chi connectivity index (χ3v) is 7.76. The molecule has 10 heteroatoms. The first kappa shape index (κ1) is 17.9. The van der Waals surface area contributed by atoms with Crippen molar-refractivity contribution in [3.05, 3.63) is 63.3 Å². The second-order valence-corrected chi connectivity index (χ2v) is 9.90. The summed E-state index contributed by atoms with van der Waals surface area (Å²) in [4.78, 5) is 27.0. The third-order valence-electron chi connectivity index (χ3n) is 4.92. The van der Waals surface area contributed by atoms with E-state index in [1.54, 1.807) is 11.3 Å². The zero-order valence-corrected chi connectivity index (χ0v) is 18.1. The third kappa shape index (κ3) is 2.72. The van der Waals surface area contributed by atoms with E-state index in [4.69, 9.17) is 4.98 Å². The molecular weight excluding hydrogens is 436 g/mol. The molecule has 6 rings (SSSR count). The summed E-state index contributed by atoms with van der Waals surface area (Å²) in [6.45, 7) is 2.02. The maximum Gasteiger partial charge on any atom is 0.260 e. The number of hydrogen-bond acceptors (Lipinski definition) is 7. The minimum Gasteiger partial charge on any atom is -0.309 e. The zero-order chi connectivity index (χ0) is 20.2. The summed E-state index contributed by atoms with van der Waals surface area (Å²) in [5, 5.41) is 12.8. The van der Waals surface area contributed by atoms with Gasteiger partial charge in [-0.05, 0) is 30.5 Å². The lowest BCUT2D eigenvalue weighted by molar-refractivity contribution is 0.894. The summed E-state index contributed by atoms with van der Waals surface area (Å²) in [7, 11) is 0. The average molecular weight is 451 g/mol. The molecule has 1 aromatic carbocycles. The van der Waals surface area contributed by atoms with Crippen LogP contribution in [0.15, 0.2) is 57.1 Å². The van der Waals surface area contributed by atoms with Gasteiger partial charge < -0.3 is 4.98 Å². The zero-order valence-electron chi connectivity index (χ0n) is 15.6. The Morgan fingerprint density at radius 2 is 2.03 bits per heavy atom. The molecule has 0 fully saturated rings. The van der Waals surface area contributed by atoms with Crippen LogP contribution in [0.1, 0.15) is 18.0 Å². The van der Waals surface area contributed by atoms with E-state index >= 15 is 0 Å². The molecule has 0 saturated heterocycles. The summed E-state index contributed by atoms with van der Waals surface area (Å²) in [6, 6.07) is 12.0. The number of fused-ring (bicyclic) bond motifs is 4. The molecule has 148 valence electrons. The fourth-order valence-corrected chi connectivity index (χ4v) is 6.20. The van der Waals surface area contributed by atoms with Gasteiger partial charge in [-0.25, -0.2) is 15.1 Å². The van der Waals surface area contributed by atoms with Crippen molar-refractivity contribution < 1.29 is 0 Å². The van der Waals surface area contributed by atoms with Gasteiger partial charge in [0.1, 0.15) is 10.7 Å². The van der Waals surface area contributed by atoms with Crippen molar-refractivity contribution in [2.45, 2.75) is 17.3 Å². The largest absolute Gasteiger partial charge is 0.309 e. The van der Waals surface area contributed by atoms with E-state index in [-0.39, 0.29) is 10.8 Å². The highest BCUT2D eigenvalue weighted by Crippen LogP contribution is 2.36. The van der Waals surface area contributed by atoms with Crippen LogP contribution in [0.4, 0.5) is 0 Å². The monoisotopic (exact) mass is 450 g/mol. The number of aromatic nitrogens is 6. The van der Waals surface area contributed by atoms with Gasteiger partial charge in [-0.1, -0.05) is 30.0 Å². The summed E-state index contributed by atoms with van der Waals surface area (Å²) < 4.78 is 1.99. The number of thiophene rings is 2. The van der Waals surface area contributed by atoms with Crippen LogP contribution >= 0.6 is 34.4 Å². The number of H-pyrrole nitrogens is 2. The SMILES string of the molecule is CC(Sc1n[nH]c2nc3ccccc3n12)c1nc2scc(-c3cccs3)c2c(=O)[nH]1. The Morgan fingerprint density at radius 3 is 2.90 bits per heavy atom. The summed E-state index contributed by atoms with van der Waals surface area (Å²) >= 11 is 4.65. The quantitative estimate of drug-likeness (QED) is 0.365. The van der Waals surface area contributed by atoms with Gasteiger partial charge in [-0.15, -0.1) is 27.8 Å². The first-order valence-corrected chi connectivity index (χ1v) is 11.9. The Balaban J connectivity index is 1.40. The molecule has 0 amide bonds. The van der Waals surface area contributed by atoms with Crippen molar-refractivity contribution in [3.63, 3.8) is 0 Å². The average Bonchev–Trinajstić information content (AvgIpc) is 3.52. The van der Waals surface area contributed by atoms with Crippen LogP contribution < -0.4 is 5.56 Å². The molecule has 0 aliphatic carbocycles. The van der Waals surface area contributed by atoms with Gasteiger partial charge in [0.05, 0.1) is 21.7 Å². The van der Waals surface area contributed by atoms with Gasteiger partial charge in [-0.2, -0.15) is 0 Å². The van der Waals surface area contributed by atoms with Gasteiger partial charge in [0.25, 0.3) is 5.56 Å². The molecule has 7 nitrogen and oxygen atoms in total. The molecule has 1 atom stereocenters. The highest BCUT2D eigenvalue weighted by Gasteiger charge is 2.20. The Bertz CT molecular complexity index is 1570. The predicted octanol–water partition coefficient (Wildman–Crippen LogP) is 5.09. The molecule has 0 radical (unpaired) electrons. The normalized spacial score (nSPS) is 13.0. The van der Waals surface area contributed by atoms with Crippen LogP contribution in [-0.2, 0) is 0 Å². The van der Waals surface area contributed by atoms with Crippen LogP contribution in [0, 0.1) is 0 Å². The summed E-state index contributed by atoms with van der Waals surface area (Å²) in [6.07, 6.45) is 0. The first-order valence-electron chi connectivity index (χ1n) is 9.22. The molecule has 30 heavy (non-hydrogen) atoms. The topological polar surface area (TPSA) is 91.7 Å². The molecule has 5 heterocycles. The van der Waals surface area contributed by atoms with Gasteiger partial charge >= 0.3 is 0 Å². The molecule has 0 bridgehead atoms. The van der Waals surface area contributed by atoms with E-state index in [0.29, 0.717) is 17.0 Å². The highest BCUT2D eigenvalue weighted by atomic mass is 32.2. The number of nitrogens with zero attached hydrogens (tertiary/aromatic N) is 4. The minimum atomic E-state index is -0.104. The number of thioether (sulfide) groups is 1. The standard InChI is InChI=1S/C20H14N6OS3/c1-10(30-20-25-24-19-21-12-5-2-3-6-13(12)26(19)20)16-22-17(27)15-11(9-29-18(15)23-16)14-7-4-8-28-14/h2-10H,1H3,(H,21,24)(H,22,23,27). The van der Waals surface area contributed by atoms with E-state index < -0.39 is 0 Å². The predicted molar refractivity (Wildman–Crippen MR) is 123 cm³/mol. The maximum atomic E-state index is 12.9. The molecule has 1 unspecified atom stereocenters. The van der Waals surface area contributed by atoms with Crippen molar-refractivity contribution in [2.24, 2.45) is 0 Å². The Labute approximate surface area is 181 Å². The van der Waals surface area contributed by atoms with Gasteiger partial charge in [0.15, 0.2) is 5.16 Å². The highest BCUT2D eigenvalue weighted by molar-refractivity contribution is 7.99. The van der Waals surface area contributed by atoms with Gasteiger partial charge in [0, 0.05) is 15.8 Å². The molecule has 0 saturated carbocycles. The summed E-state index contributed by atoms with van der Waals surface area (Å²) in [5.74, 6) is 1.33. The molecule has 0 aliphatic heterocycles. The lowest BCUT2D eigenvalue weighted by Gasteiger charge is -2.09. The van der Waals surface area contributed by atoms with E-state index in [1.165, 1.54) is 23.1 Å². The molecule has 0 aliphatic rings. The number of rotatable bonds is 4. The number of imidazole rings is 1. The van der Waals surface area contributed by atoms with E-state index in [0.717, 1.165) is 31.5 Å². The van der Waals surface area contributed by atoms with Crippen LogP contribution in [0.25, 0.3) is 37.5 Å². The number of hydrogen-bond donors (Lipinski definition) is 2. The molecule has 5 aromatic heterocycles. The van der Waals surface area contributed by atoms with E-state index in [1.807, 2.05) is 58.5 Å². The smallest absolute Gasteiger partial charge is 0.260 e. The van der Waals surface area contributed by atoms with Gasteiger partial charge in [0.2, 0.25) is 5.78 Å². The maximum absolute atomic E-state index is 12.9. The Kier molecular flexibility index (Phi) is 4.05. The number of nitrogens with one attached hydrogen (secondary N) is 2. The number of aromatic amines is 2. The molecular formula is C20H14N6OS3. The van der Waals surface area contributed by atoms with Crippen molar-refractivity contribution in [2.75, 3.05) is 0 Å². The van der Waals surface area contributed by atoms with Crippen molar-refractivity contribution in [1.29, 1.82) is 0 Å². The van der Waals surface area contributed by atoms with Crippen LogP contribution in [0.2, 0.25) is 0 Å². The Hall–Kier alpha value is -2.95.